The second kappa shape index (κ2) is 6.94. The molecule has 7 nitrogen and oxygen atoms in total. The molecule has 21 heavy (non-hydrogen) atoms. The van der Waals surface area contributed by atoms with Gasteiger partial charge in [0, 0.05) is 17.5 Å². The summed E-state index contributed by atoms with van der Waals surface area (Å²) in [5.41, 5.74) is 8.64. The van der Waals surface area contributed by atoms with E-state index in [0.29, 0.717) is 12.5 Å². The summed E-state index contributed by atoms with van der Waals surface area (Å²) in [6.45, 7) is 0.681. The molecule has 0 aliphatic rings. The number of imidazole rings is 1. The summed E-state index contributed by atoms with van der Waals surface area (Å²) >= 11 is 0. The molecule has 8 heteroatoms. The molecule has 0 bridgehead atoms. The van der Waals surface area contributed by atoms with Gasteiger partial charge in [0.15, 0.2) is 5.95 Å². The van der Waals surface area contributed by atoms with Gasteiger partial charge >= 0.3 is 0 Å². The highest BCUT2D eigenvalue weighted by atomic mass is 35.5. The van der Waals surface area contributed by atoms with Crippen molar-refractivity contribution in [1.82, 2.24) is 25.0 Å². The van der Waals surface area contributed by atoms with Crippen LogP contribution in [0.3, 0.4) is 0 Å². The van der Waals surface area contributed by atoms with Crippen LogP contribution in [-0.2, 0) is 19.4 Å². The van der Waals surface area contributed by atoms with Gasteiger partial charge in [0.05, 0.1) is 31.0 Å². The van der Waals surface area contributed by atoms with Crippen molar-refractivity contribution >= 4 is 18.4 Å². The van der Waals surface area contributed by atoms with E-state index in [1.165, 1.54) is 0 Å². The molecule has 0 saturated heterocycles. The monoisotopic (exact) mass is 308 g/mol. The Morgan fingerprint density at radius 2 is 2.24 bits per heavy atom. The Balaban J connectivity index is 0.00000161. The summed E-state index contributed by atoms with van der Waals surface area (Å²) < 4.78 is 6.84. The smallest absolute Gasteiger partial charge is 0.197 e. The van der Waals surface area contributed by atoms with Gasteiger partial charge in [-0.1, -0.05) is 5.21 Å². The molecule has 3 aromatic heterocycles. The fourth-order valence-corrected chi connectivity index (χ4v) is 2.06. The molecule has 3 heterocycles. The molecular formula is C13H17ClN6O. The molecule has 0 atom stereocenters. The van der Waals surface area contributed by atoms with Crippen LogP contribution in [0.5, 0.6) is 0 Å². The maximum atomic E-state index is 5.53. The maximum Gasteiger partial charge on any atom is 0.197 e. The van der Waals surface area contributed by atoms with Crippen LogP contribution in [-0.4, -0.2) is 25.0 Å². The molecule has 0 fully saturated rings. The van der Waals surface area contributed by atoms with Crippen molar-refractivity contribution in [3.05, 3.63) is 47.9 Å². The zero-order valence-corrected chi connectivity index (χ0v) is 12.2. The van der Waals surface area contributed by atoms with E-state index in [1.54, 1.807) is 18.7 Å². The van der Waals surface area contributed by atoms with Crippen molar-refractivity contribution in [2.75, 3.05) is 5.73 Å². The minimum absolute atomic E-state index is 0. The van der Waals surface area contributed by atoms with Crippen LogP contribution in [0.1, 0.15) is 23.4 Å². The number of hydrogen-bond acceptors (Lipinski definition) is 5. The molecule has 0 amide bonds. The third-order valence-corrected chi connectivity index (χ3v) is 3.04. The Hall–Kier alpha value is -2.28. The minimum Gasteiger partial charge on any atom is -0.472 e. The number of nitrogens with zero attached hydrogens (tertiary/aromatic N) is 4. The Morgan fingerprint density at radius 3 is 2.95 bits per heavy atom. The van der Waals surface area contributed by atoms with Gasteiger partial charge in [-0.25, -0.2) is 9.67 Å². The van der Waals surface area contributed by atoms with E-state index in [4.69, 9.17) is 10.2 Å². The molecule has 0 aliphatic carbocycles. The highest BCUT2D eigenvalue weighted by Gasteiger charge is 2.04. The highest BCUT2D eigenvalue weighted by molar-refractivity contribution is 5.85. The number of hydrogen-bond donors (Lipinski definition) is 2. The first-order chi connectivity index (χ1) is 9.79. The van der Waals surface area contributed by atoms with Crippen LogP contribution >= 0.6 is 12.4 Å². The molecule has 0 saturated carbocycles. The highest BCUT2D eigenvalue weighted by Crippen LogP contribution is 2.07. The SMILES string of the molecule is Cl.Nc1ncc(CCCc2cn(Cc3ccoc3)nn2)[nH]1. The first kappa shape index (κ1) is 15.1. The Kier molecular flexibility index (Phi) is 4.99. The average Bonchev–Trinajstić information content (AvgIpc) is 3.14. The number of nitrogen functional groups attached to an aromatic ring is 1. The number of aromatic amines is 1. The van der Waals surface area contributed by atoms with Crippen LogP contribution in [0.2, 0.25) is 0 Å². The normalized spacial score (nSPS) is 10.5. The Morgan fingerprint density at radius 1 is 1.33 bits per heavy atom. The quantitative estimate of drug-likeness (QED) is 0.723. The van der Waals surface area contributed by atoms with Crippen LogP contribution in [0, 0.1) is 0 Å². The minimum atomic E-state index is 0. The number of H-pyrrole nitrogens is 1. The second-order valence-electron chi connectivity index (χ2n) is 4.69. The number of rotatable bonds is 6. The van der Waals surface area contributed by atoms with E-state index in [0.717, 1.165) is 36.2 Å². The summed E-state index contributed by atoms with van der Waals surface area (Å²) in [6, 6.07) is 1.92. The summed E-state index contributed by atoms with van der Waals surface area (Å²) in [6.07, 6.45) is 9.86. The lowest BCUT2D eigenvalue weighted by Gasteiger charge is -1.96. The van der Waals surface area contributed by atoms with E-state index in [1.807, 2.05) is 16.9 Å². The fraction of sp³-hybridized carbons (Fsp3) is 0.308. The van der Waals surface area contributed by atoms with Crippen LogP contribution in [0.15, 0.2) is 35.4 Å². The molecule has 0 radical (unpaired) electrons. The van der Waals surface area contributed by atoms with E-state index in [9.17, 15) is 0 Å². The molecular weight excluding hydrogens is 292 g/mol. The molecule has 0 aliphatic heterocycles. The van der Waals surface area contributed by atoms with Gasteiger partial charge in [-0.2, -0.15) is 0 Å². The van der Waals surface area contributed by atoms with Gasteiger partial charge in [0.25, 0.3) is 0 Å². The lowest BCUT2D eigenvalue weighted by atomic mass is 10.2. The van der Waals surface area contributed by atoms with Gasteiger partial charge in [0.1, 0.15) is 0 Å². The van der Waals surface area contributed by atoms with Gasteiger partial charge < -0.3 is 15.1 Å². The van der Waals surface area contributed by atoms with E-state index < -0.39 is 0 Å². The Labute approximate surface area is 128 Å². The number of aromatic nitrogens is 5. The van der Waals surface area contributed by atoms with Gasteiger partial charge in [-0.05, 0) is 25.3 Å². The molecule has 0 aromatic carbocycles. The Bertz CT molecular complexity index is 660. The van der Waals surface area contributed by atoms with Crippen LogP contribution in [0.4, 0.5) is 5.95 Å². The molecule has 112 valence electrons. The van der Waals surface area contributed by atoms with Crippen molar-refractivity contribution in [2.45, 2.75) is 25.8 Å². The number of nitrogens with two attached hydrogens (primary N) is 1. The van der Waals surface area contributed by atoms with Gasteiger partial charge in [-0.15, -0.1) is 17.5 Å². The topological polar surface area (TPSA) is 98.6 Å². The predicted molar refractivity (Wildman–Crippen MR) is 80.1 cm³/mol. The standard InChI is InChI=1S/C13H16N6O.ClH/c14-13-15-6-11(16-13)2-1-3-12-8-19(18-17-12)7-10-4-5-20-9-10;/h4-6,8-9H,1-3,7H2,(H3,14,15,16);1H. The zero-order chi connectivity index (χ0) is 13.8. The summed E-state index contributed by atoms with van der Waals surface area (Å²) in [4.78, 5) is 6.98. The first-order valence-electron chi connectivity index (χ1n) is 6.49. The van der Waals surface area contributed by atoms with Crippen molar-refractivity contribution in [1.29, 1.82) is 0 Å². The number of nitrogens with one attached hydrogen (secondary N) is 1. The van der Waals surface area contributed by atoms with Gasteiger partial charge in [-0.3, -0.25) is 0 Å². The summed E-state index contributed by atoms with van der Waals surface area (Å²) in [5.74, 6) is 0.464. The van der Waals surface area contributed by atoms with Crippen molar-refractivity contribution < 1.29 is 4.42 Å². The lowest BCUT2D eigenvalue weighted by molar-refractivity contribution is 0.558. The lowest BCUT2D eigenvalue weighted by Crippen LogP contribution is -1.98. The third-order valence-electron chi connectivity index (χ3n) is 3.04. The fourth-order valence-electron chi connectivity index (χ4n) is 2.06. The van der Waals surface area contributed by atoms with E-state index in [2.05, 4.69) is 20.3 Å². The molecule has 3 rings (SSSR count). The maximum absolute atomic E-state index is 5.53. The molecule has 3 N–H and O–H groups in total. The molecule has 3 aromatic rings. The zero-order valence-electron chi connectivity index (χ0n) is 11.4. The number of halogens is 1. The summed E-state index contributed by atoms with van der Waals surface area (Å²) in [7, 11) is 0. The average molecular weight is 309 g/mol. The van der Waals surface area contributed by atoms with E-state index in [-0.39, 0.29) is 12.4 Å². The number of anilines is 1. The number of aryl methyl sites for hydroxylation is 2. The number of furan rings is 1. The largest absolute Gasteiger partial charge is 0.472 e. The van der Waals surface area contributed by atoms with Crippen LogP contribution < -0.4 is 5.73 Å². The van der Waals surface area contributed by atoms with Crippen molar-refractivity contribution in [3.63, 3.8) is 0 Å². The van der Waals surface area contributed by atoms with Crippen LogP contribution in [0.25, 0.3) is 0 Å². The second-order valence-corrected chi connectivity index (χ2v) is 4.69. The molecule has 0 unspecified atom stereocenters. The van der Waals surface area contributed by atoms with E-state index >= 15 is 0 Å². The summed E-state index contributed by atoms with van der Waals surface area (Å²) in [5, 5.41) is 8.27. The third kappa shape index (κ3) is 4.09. The van der Waals surface area contributed by atoms with Crippen molar-refractivity contribution in [2.24, 2.45) is 0 Å². The van der Waals surface area contributed by atoms with Gasteiger partial charge in [0.2, 0.25) is 0 Å². The molecule has 0 spiro atoms. The predicted octanol–water partition coefficient (Wildman–Crippen LogP) is 1.82. The van der Waals surface area contributed by atoms with Crippen molar-refractivity contribution in [3.8, 4) is 0 Å². The first-order valence-corrected chi connectivity index (χ1v) is 6.49.